The van der Waals surface area contributed by atoms with Crippen LogP contribution in [0.15, 0.2) is 73.1 Å². The van der Waals surface area contributed by atoms with E-state index in [2.05, 4.69) is 25.6 Å². The topological polar surface area (TPSA) is 109 Å². The number of rotatable bonds is 5. The van der Waals surface area contributed by atoms with Crippen molar-refractivity contribution in [2.45, 2.75) is 6.92 Å². The van der Waals surface area contributed by atoms with Gasteiger partial charge in [0.1, 0.15) is 17.1 Å². The highest BCUT2D eigenvalue weighted by molar-refractivity contribution is 6.08. The van der Waals surface area contributed by atoms with Crippen LogP contribution >= 0.6 is 0 Å². The summed E-state index contributed by atoms with van der Waals surface area (Å²) in [6, 6.07) is 17.9. The number of aromatic amines is 1. The molecule has 5 rings (SSSR count). The highest BCUT2D eigenvalue weighted by Crippen LogP contribution is 2.26. The zero-order chi connectivity index (χ0) is 23.7. The van der Waals surface area contributed by atoms with Gasteiger partial charge >= 0.3 is 0 Å². The summed E-state index contributed by atoms with van der Waals surface area (Å²) in [4.78, 5) is 37.7. The first-order chi connectivity index (χ1) is 16.5. The predicted molar refractivity (Wildman–Crippen MR) is 131 cm³/mol. The molecule has 2 amide bonds. The molecule has 3 aromatic heterocycles. The van der Waals surface area contributed by atoms with Crippen molar-refractivity contribution >= 4 is 45.1 Å². The van der Waals surface area contributed by atoms with Crippen LogP contribution in [-0.4, -0.2) is 33.9 Å². The number of anilines is 2. The Morgan fingerprint density at radius 1 is 0.941 bits per heavy atom. The molecular weight excluding hydrogens is 430 g/mol. The summed E-state index contributed by atoms with van der Waals surface area (Å²) >= 11 is 0. The molecule has 0 aliphatic carbocycles. The zero-order valence-electron chi connectivity index (χ0n) is 18.5. The van der Waals surface area contributed by atoms with E-state index >= 15 is 0 Å². The number of nitrogens with zero attached hydrogens (tertiary/aromatic N) is 2. The number of carbonyl (C=O) groups is 2. The molecule has 0 aliphatic rings. The second-order valence-electron chi connectivity index (χ2n) is 7.80. The number of H-pyrrole nitrogens is 1. The maximum absolute atomic E-state index is 13.0. The third-order valence-corrected chi connectivity index (χ3v) is 5.53. The standard InChI is InChI=1S/C26H21N5O3/c1-15-7-8-17(12-20(15)25(32)30-18-11-16-9-10-27-24(16)28-14-18)29-26(33)22-13-23(34-2)19-5-3-4-6-21(19)31-22/h3-14H,1-2H3,(H,27,28)(H,29,33)(H,30,32). The average molecular weight is 451 g/mol. The summed E-state index contributed by atoms with van der Waals surface area (Å²) in [5.74, 6) is -0.134. The van der Waals surface area contributed by atoms with E-state index in [-0.39, 0.29) is 11.6 Å². The molecule has 8 heteroatoms. The molecule has 34 heavy (non-hydrogen) atoms. The Kier molecular flexibility index (Phi) is 5.39. The number of hydrogen-bond acceptors (Lipinski definition) is 5. The van der Waals surface area contributed by atoms with E-state index in [1.165, 1.54) is 0 Å². The van der Waals surface area contributed by atoms with Gasteiger partial charge in [-0.2, -0.15) is 0 Å². The number of aryl methyl sites for hydroxylation is 1. The molecular formula is C26H21N5O3. The number of pyridine rings is 2. The van der Waals surface area contributed by atoms with Crippen molar-refractivity contribution in [1.29, 1.82) is 0 Å². The molecule has 0 bridgehead atoms. The monoisotopic (exact) mass is 451 g/mol. The van der Waals surface area contributed by atoms with Gasteiger partial charge in [-0.1, -0.05) is 18.2 Å². The lowest BCUT2D eigenvalue weighted by atomic mass is 10.1. The molecule has 0 saturated heterocycles. The van der Waals surface area contributed by atoms with Crippen molar-refractivity contribution < 1.29 is 14.3 Å². The first-order valence-corrected chi connectivity index (χ1v) is 10.6. The van der Waals surface area contributed by atoms with E-state index in [0.29, 0.717) is 28.2 Å². The van der Waals surface area contributed by atoms with Gasteiger partial charge in [0, 0.05) is 34.3 Å². The van der Waals surface area contributed by atoms with Crippen LogP contribution in [0.25, 0.3) is 21.9 Å². The lowest BCUT2D eigenvalue weighted by Crippen LogP contribution is -2.17. The Balaban J connectivity index is 1.38. The summed E-state index contributed by atoms with van der Waals surface area (Å²) in [5, 5.41) is 7.42. The molecule has 3 N–H and O–H groups in total. The number of ether oxygens (including phenoxy) is 1. The number of hydrogen-bond donors (Lipinski definition) is 3. The first-order valence-electron chi connectivity index (χ1n) is 10.6. The van der Waals surface area contributed by atoms with Crippen LogP contribution in [0.1, 0.15) is 26.4 Å². The van der Waals surface area contributed by atoms with E-state index < -0.39 is 5.91 Å². The molecule has 0 unspecified atom stereocenters. The minimum Gasteiger partial charge on any atom is -0.496 e. The molecule has 168 valence electrons. The fraction of sp³-hybridized carbons (Fsp3) is 0.0769. The quantitative estimate of drug-likeness (QED) is 0.351. The number of nitrogens with one attached hydrogen (secondary N) is 3. The van der Waals surface area contributed by atoms with Crippen LogP contribution in [-0.2, 0) is 0 Å². The van der Waals surface area contributed by atoms with Crippen LogP contribution in [0.5, 0.6) is 5.75 Å². The molecule has 8 nitrogen and oxygen atoms in total. The minimum absolute atomic E-state index is 0.216. The molecule has 0 spiro atoms. The number of fused-ring (bicyclic) bond motifs is 2. The van der Waals surface area contributed by atoms with E-state index in [9.17, 15) is 9.59 Å². The predicted octanol–water partition coefficient (Wildman–Crippen LogP) is 4.93. The lowest BCUT2D eigenvalue weighted by Gasteiger charge is -2.12. The van der Waals surface area contributed by atoms with Crippen LogP contribution in [0.3, 0.4) is 0 Å². The average Bonchev–Trinajstić information content (AvgIpc) is 3.32. The van der Waals surface area contributed by atoms with E-state index in [0.717, 1.165) is 22.0 Å². The summed E-state index contributed by atoms with van der Waals surface area (Å²) in [6.07, 6.45) is 3.38. The van der Waals surface area contributed by atoms with Gasteiger partial charge in [-0.05, 0) is 48.9 Å². The number of aromatic nitrogens is 3. The second-order valence-corrected chi connectivity index (χ2v) is 7.80. The van der Waals surface area contributed by atoms with Crippen LogP contribution in [0, 0.1) is 6.92 Å². The molecule has 0 atom stereocenters. The largest absolute Gasteiger partial charge is 0.496 e. The molecule has 2 aromatic carbocycles. The van der Waals surface area contributed by atoms with Gasteiger partial charge in [-0.15, -0.1) is 0 Å². The highest BCUT2D eigenvalue weighted by Gasteiger charge is 2.15. The fourth-order valence-corrected chi connectivity index (χ4v) is 3.77. The van der Waals surface area contributed by atoms with Gasteiger partial charge in [0.25, 0.3) is 11.8 Å². The zero-order valence-corrected chi connectivity index (χ0v) is 18.5. The number of benzene rings is 2. The maximum Gasteiger partial charge on any atom is 0.274 e. The van der Waals surface area contributed by atoms with E-state index in [1.54, 1.807) is 43.8 Å². The molecule has 5 aromatic rings. The van der Waals surface area contributed by atoms with Gasteiger partial charge in [0.2, 0.25) is 0 Å². The van der Waals surface area contributed by atoms with E-state index in [4.69, 9.17) is 4.74 Å². The first kappa shape index (κ1) is 21.1. The number of para-hydroxylation sites is 1. The fourth-order valence-electron chi connectivity index (χ4n) is 3.77. The van der Waals surface area contributed by atoms with Crippen molar-refractivity contribution in [3.05, 3.63) is 89.9 Å². The number of amides is 2. The molecule has 3 heterocycles. The van der Waals surface area contributed by atoms with Gasteiger partial charge < -0.3 is 20.4 Å². The van der Waals surface area contributed by atoms with E-state index in [1.807, 2.05) is 43.3 Å². The summed E-state index contributed by atoms with van der Waals surface area (Å²) in [5.41, 5.74) is 3.90. The molecule has 0 fully saturated rings. The normalized spacial score (nSPS) is 10.9. The van der Waals surface area contributed by atoms with Gasteiger partial charge in [-0.25, -0.2) is 9.97 Å². The Labute approximate surface area is 195 Å². The summed E-state index contributed by atoms with van der Waals surface area (Å²) < 4.78 is 5.43. The smallest absolute Gasteiger partial charge is 0.274 e. The van der Waals surface area contributed by atoms with Crippen molar-refractivity contribution in [3.63, 3.8) is 0 Å². The Morgan fingerprint density at radius 3 is 2.62 bits per heavy atom. The SMILES string of the molecule is COc1cc(C(=O)Nc2ccc(C)c(C(=O)Nc3cnc4[nH]ccc4c3)c2)nc2ccccc12. The molecule has 0 aliphatic heterocycles. The Bertz CT molecular complexity index is 1560. The van der Waals surface area contributed by atoms with Crippen LogP contribution < -0.4 is 15.4 Å². The van der Waals surface area contributed by atoms with Crippen molar-refractivity contribution in [3.8, 4) is 5.75 Å². The van der Waals surface area contributed by atoms with Gasteiger partial charge in [0.15, 0.2) is 0 Å². The second kappa shape index (κ2) is 8.67. The lowest BCUT2D eigenvalue weighted by molar-refractivity contribution is 0.101. The Morgan fingerprint density at radius 2 is 1.76 bits per heavy atom. The van der Waals surface area contributed by atoms with Crippen LogP contribution in [0.2, 0.25) is 0 Å². The minimum atomic E-state index is -0.402. The van der Waals surface area contributed by atoms with Crippen LogP contribution in [0.4, 0.5) is 11.4 Å². The third kappa shape index (κ3) is 4.04. The molecule has 0 saturated carbocycles. The van der Waals surface area contributed by atoms with Crippen molar-refractivity contribution in [1.82, 2.24) is 15.0 Å². The summed E-state index contributed by atoms with van der Waals surface area (Å²) in [7, 11) is 1.55. The maximum atomic E-state index is 13.0. The number of carbonyl (C=O) groups excluding carboxylic acids is 2. The van der Waals surface area contributed by atoms with Gasteiger partial charge in [-0.3, -0.25) is 9.59 Å². The van der Waals surface area contributed by atoms with Crippen molar-refractivity contribution in [2.75, 3.05) is 17.7 Å². The Hall–Kier alpha value is -4.72. The summed E-state index contributed by atoms with van der Waals surface area (Å²) in [6.45, 7) is 1.84. The van der Waals surface area contributed by atoms with Crippen molar-refractivity contribution in [2.24, 2.45) is 0 Å². The highest BCUT2D eigenvalue weighted by atomic mass is 16.5. The number of methoxy groups -OCH3 is 1. The third-order valence-electron chi connectivity index (χ3n) is 5.53. The van der Waals surface area contributed by atoms with Gasteiger partial charge in [0.05, 0.1) is 24.5 Å². The molecule has 0 radical (unpaired) electrons.